The molecule has 1 aromatic heterocycles. The third-order valence-corrected chi connectivity index (χ3v) is 5.46. The van der Waals surface area contributed by atoms with Crippen LogP contribution < -0.4 is 5.32 Å². The zero-order chi connectivity index (χ0) is 18.8. The van der Waals surface area contributed by atoms with Crippen LogP contribution in [0, 0.1) is 6.92 Å². The number of aryl methyl sites for hydroxylation is 1. The first-order valence-corrected chi connectivity index (χ1v) is 9.62. The van der Waals surface area contributed by atoms with Crippen LogP contribution in [0.1, 0.15) is 39.6 Å². The number of nitrogens with one attached hydrogen (secondary N) is 2. The molecule has 27 heavy (non-hydrogen) atoms. The molecule has 0 saturated carbocycles. The molecule has 3 aromatic rings. The third-order valence-electron chi connectivity index (χ3n) is 5.46. The minimum absolute atomic E-state index is 0.0649. The van der Waals surface area contributed by atoms with Gasteiger partial charge in [-0.2, -0.15) is 0 Å². The van der Waals surface area contributed by atoms with Crippen molar-refractivity contribution in [1.29, 1.82) is 0 Å². The largest absolute Gasteiger partial charge is 0.342 e. The smallest absolute Gasteiger partial charge is 0.253 e. The van der Waals surface area contributed by atoms with E-state index in [9.17, 15) is 4.79 Å². The number of likely N-dealkylation sites (N-methyl/N-ethyl adjacent to an activating group) is 1. The van der Waals surface area contributed by atoms with Crippen LogP contribution in [0.3, 0.4) is 0 Å². The molecule has 1 aliphatic heterocycles. The number of para-hydroxylation sites is 1. The molecule has 4 rings (SSSR count). The topological polar surface area (TPSA) is 61.0 Å². The van der Waals surface area contributed by atoms with E-state index in [0.29, 0.717) is 18.9 Å². The van der Waals surface area contributed by atoms with Crippen LogP contribution in [-0.2, 0) is 6.42 Å². The number of nitrogens with zero attached hydrogens (tertiary/aromatic N) is 2. The molecule has 0 aliphatic carbocycles. The summed E-state index contributed by atoms with van der Waals surface area (Å²) in [6.07, 6.45) is 1.85. The van der Waals surface area contributed by atoms with E-state index in [0.717, 1.165) is 47.5 Å². The van der Waals surface area contributed by atoms with Crippen LogP contribution in [0.4, 0.5) is 0 Å². The number of fused-ring (bicyclic) bond motifs is 1. The highest BCUT2D eigenvalue weighted by molar-refractivity contribution is 5.94. The number of aromatic nitrogens is 2. The number of aromatic amines is 1. The molecule has 2 aromatic carbocycles. The van der Waals surface area contributed by atoms with Crippen molar-refractivity contribution >= 4 is 16.9 Å². The van der Waals surface area contributed by atoms with Crippen LogP contribution >= 0.6 is 0 Å². The quantitative estimate of drug-likeness (QED) is 0.732. The van der Waals surface area contributed by atoms with Gasteiger partial charge in [-0.05, 0) is 55.1 Å². The molecule has 1 aliphatic rings. The summed E-state index contributed by atoms with van der Waals surface area (Å²) in [6, 6.07) is 14.2. The maximum Gasteiger partial charge on any atom is 0.253 e. The summed E-state index contributed by atoms with van der Waals surface area (Å²) in [6.45, 7) is 4.75. The summed E-state index contributed by atoms with van der Waals surface area (Å²) in [7, 11) is 1.86. The van der Waals surface area contributed by atoms with Gasteiger partial charge in [0, 0.05) is 32.1 Å². The zero-order valence-electron chi connectivity index (χ0n) is 16.0. The number of hydrogen-bond acceptors (Lipinski definition) is 3. The van der Waals surface area contributed by atoms with Gasteiger partial charge in [0.2, 0.25) is 0 Å². The first-order valence-electron chi connectivity index (χ1n) is 9.62. The highest BCUT2D eigenvalue weighted by Gasteiger charge is 2.19. The molecule has 1 amide bonds. The van der Waals surface area contributed by atoms with E-state index in [4.69, 9.17) is 0 Å². The van der Waals surface area contributed by atoms with E-state index >= 15 is 0 Å². The lowest BCUT2D eigenvalue weighted by Gasteiger charge is -2.18. The lowest BCUT2D eigenvalue weighted by molar-refractivity contribution is 0.0796. The molecular weight excluding hydrogens is 336 g/mol. The summed E-state index contributed by atoms with van der Waals surface area (Å²) < 4.78 is 0. The second-order valence-corrected chi connectivity index (χ2v) is 7.45. The Balaban J connectivity index is 1.43. The van der Waals surface area contributed by atoms with Gasteiger partial charge in [0.05, 0.1) is 11.0 Å². The normalized spacial score (nSPS) is 16.7. The van der Waals surface area contributed by atoms with Crippen LogP contribution in [0.25, 0.3) is 11.0 Å². The summed E-state index contributed by atoms with van der Waals surface area (Å²) in [5, 5.41) is 3.39. The molecule has 140 valence electrons. The van der Waals surface area contributed by atoms with Crippen molar-refractivity contribution in [2.45, 2.75) is 25.7 Å². The lowest BCUT2D eigenvalue weighted by Crippen LogP contribution is -2.29. The monoisotopic (exact) mass is 362 g/mol. The van der Waals surface area contributed by atoms with Gasteiger partial charge in [-0.3, -0.25) is 4.79 Å². The summed E-state index contributed by atoms with van der Waals surface area (Å²) in [5.74, 6) is 1.50. The number of H-pyrrole nitrogens is 1. The molecule has 2 N–H and O–H groups in total. The number of amides is 1. The number of hydrogen-bond donors (Lipinski definition) is 2. The van der Waals surface area contributed by atoms with Crippen LogP contribution in [0.5, 0.6) is 0 Å². The fourth-order valence-corrected chi connectivity index (χ4v) is 3.81. The number of imidazole rings is 1. The molecule has 1 fully saturated rings. The Morgan fingerprint density at radius 3 is 2.89 bits per heavy atom. The minimum Gasteiger partial charge on any atom is -0.342 e. The van der Waals surface area contributed by atoms with E-state index in [1.165, 1.54) is 5.56 Å². The molecule has 0 bridgehead atoms. The number of rotatable bonds is 5. The van der Waals surface area contributed by atoms with E-state index in [1.807, 2.05) is 31.3 Å². The first-order chi connectivity index (χ1) is 13.1. The highest BCUT2D eigenvalue weighted by Crippen LogP contribution is 2.23. The Labute approximate surface area is 159 Å². The molecule has 0 spiro atoms. The van der Waals surface area contributed by atoms with E-state index in [1.54, 1.807) is 4.90 Å². The zero-order valence-corrected chi connectivity index (χ0v) is 16.0. The average molecular weight is 362 g/mol. The second-order valence-electron chi connectivity index (χ2n) is 7.45. The van der Waals surface area contributed by atoms with Gasteiger partial charge in [0.1, 0.15) is 5.82 Å². The molecule has 1 saturated heterocycles. The van der Waals surface area contributed by atoms with Crippen molar-refractivity contribution in [3.05, 3.63) is 65.0 Å². The van der Waals surface area contributed by atoms with Crippen molar-refractivity contribution in [1.82, 2.24) is 20.2 Å². The molecule has 5 nitrogen and oxygen atoms in total. The summed E-state index contributed by atoms with van der Waals surface area (Å²) in [4.78, 5) is 22.7. The maximum absolute atomic E-state index is 12.8. The maximum atomic E-state index is 12.8. The van der Waals surface area contributed by atoms with Gasteiger partial charge >= 0.3 is 0 Å². The Hall–Kier alpha value is -2.66. The van der Waals surface area contributed by atoms with Crippen molar-refractivity contribution in [3.8, 4) is 0 Å². The molecule has 5 heteroatoms. The van der Waals surface area contributed by atoms with Crippen LogP contribution in [-0.4, -0.2) is 47.5 Å². The fourth-order valence-electron chi connectivity index (χ4n) is 3.81. The summed E-state index contributed by atoms with van der Waals surface area (Å²) >= 11 is 0. The summed E-state index contributed by atoms with van der Waals surface area (Å²) in [5.41, 5.74) is 5.25. The molecule has 1 atom stereocenters. The number of carbonyl (C=O) groups is 1. The van der Waals surface area contributed by atoms with Crippen LogP contribution in [0.15, 0.2) is 42.5 Å². The SMILES string of the molecule is Cc1cccc2[nH]c(CCN(C)C(=O)c3cccc([C@@H]4CCNC4)c3)nc12. The van der Waals surface area contributed by atoms with Gasteiger partial charge in [-0.25, -0.2) is 4.98 Å². The van der Waals surface area contributed by atoms with Gasteiger partial charge < -0.3 is 15.2 Å². The fraction of sp³-hybridized carbons (Fsp3) is 0.364. The van der Waals surface area contributed by atoms with Gasteiger partial charge in [0.25, 0.3) is 5.91 Å². The van der Waals surface area contributed by atoms with E-state index in [2.05, 4.69) is 40.4 Å². The number of benzene rings is 2. The first kappa shape index (κ1) is 17.7. The van der Waals surface area contributed by atoms with Gasteiger partial charge in [0.15, 0.2) is 0 Å². The van der Waals surface area contributed by atoms with E-state index < -0.39 is 0 Å². The highest BCUT2D eigenvalue weighted by atomic mass is 16.2. The van der Waals surface area contributed by atoms with E-state index in [-0.39, 0.29) is 5.91 Å². The Morgan fingerprint density at radius 1 is 1.26 bits per heavy atom. The standard InChI is InChI=1S/C22H26N4O/c1-15-5-3-8-19-21(15)25-20(24-19)10-12-26(2)22(27)17-7-4-6-16(13-17)18-9-11-23-14-18/h3-8,13,18,23H,9-12,14H2,1-2H3,(H,24,25)/t18-/m1/s1. The molecule has 0 radical (unpaired) electrons. The predicted octanol–water partition coefficient (Wildman–Crippen LogP) is 3.26. The van der Waals surface area contributed by atoms with Crippen molar-refractivity contribution in [3.63, 3.8) is 0 Å². The Morgan fingerprint density at radius 2 is 2.11 bits per heavy atom. The van der Waals surface area contributed by atoms with Gasteiger partial charge in [-0.1, -0.05) is 24.3 Å². The Kier molecular flexibility index (Phi) is 4.94. The number of carbonyl (C=O) groups excluding carboxylic acids is 1. The predicted molar refractivity (Wildman–Crippen MR) is 108 cm³/mol. The average Bonchev–Trinajstić information content (AvgIpc) is 3.36. The van der Waals surface area contributed by atoms with Crippen molar-refractivity contribution in [2.75, 3.05) is 26.7 Å². The molecule has 2 heterocycles. The van der Waals surface area contributed by atoms with Crippen molar-refractivity contribution in [2.24, 2.45) is 0 Å². The molecule has 0 unspecified atom stereocenters. The lowest BCUT2D eigenvalue weighted by atomic mass is 9.96. The third kappa shape index (κ3) is 3.74. The minimum atomic E-state index is 0.0649. The van der Waals surface area contributed by atoms with Gasteiger partial charge in [-0.15, -0.1) is 0 Å². The van der Waals surface area contributed by atoms with Crippen LogP contribution in [0.2, 0.25) is 0 Å². The second kappa shape index (κ2) is 7.53. The molecular formula is C22H26N4O. The van der Waals surface area contributed by atoms with Crippen molar-refractivity contribution < 1.29 is 4.79 Å². The Bertz CT molecular complexity index is 956.